The van der Waals surface area contributed by atoms with Gasteiger partial charge in [-0.05, 0) is 61.4 Å². The van der Waals surface area contributed by atoms with Crippen molar-refractivity contribution in [2.24, 2.45) is 0 Å². The standard InChI is InChI=1S/C15H12F2O/c1-9-7-11(3-5-13(9)16)15(18)12-4-6-14(17)10(2)8-12/h3-8H,1-2H3. The van der Waals surface area contributed by atoms with Gasteiger partial charge in [0.2, 0.25) is 0 Å². The topological polar surface area (TPSA) is 17.1 Å². The molecule has 0 fully saturated rings. The van der Waals surface area contributed by atoms with E-state index in [4.69, 9.17) is 0 Å². The molecule has 0 bridgehead atoms. The normalized spacial score (nSPS) is 10.4. The lowest BCUT2D eigenvalue weighted by molar-refractivity contribution is 0.103. The van der Waals surface area contributed by atoms with Crippen molar-refractivity contribution in [1.29, 1.82) is 0 Å². The molecule has 3 heteroatoms. The fourth-order valence-electron chi connectivity index (χ4n) is 1.74. The van der Waals surface area contributed by atoms with Crippen molar-refractivity contribution in [1.82, 2.24) is 0 Å². The van der Waals surface area contributed by atoms with Crippen LogP contribution in [0.1, 0.15) is 27.0 Å². The average molecular weight is 246 g/mol. The summed E-state index contributed by atoms with van der Waals surface area (Å²) < 4.78 is 26.2. The summed E-state index contributed by atoms with van der Waals surface area (Å²) in [5.74, 6) is -0.926. The molecular formula is C15H12F2O. The minimum Gasteiger partial charge on any atom is -0.289 e. The molecule has 18 heavy (non-hydrogen) atoms. The molecule has 0 amide bonds. The van der Waals surface area contributed by atoms with Crippen LogP contribution in [0.5, 0.6) is 0 Å². The Bertz CT molecular complexity index is 564. The molecular weight excluding hydrogens is 234 g/mol. The summed E-state index contributed by atoms with van der Waals surface area (Å²) in [5, 5.41) is 0. The van der Waals surface area contributed by atoms with Crippen LogP contribution >= 0.6 is 0 Å². The maximum absolute atomic E-state index is 13.1. The van der Waals surface area contributed by atoms with Gasteiger partial charge in [0.25, 0.3) is 0 Å². The molecule has 0 spiro atoms. The highest BCUT2D eigenvalue weighted by Gasteiger charge is 2.11. The highest BCUT2D eigenvalue weighted by Crippen LogP contribution is 2.16. The molecule has 0 aliphatic heterocycles. The summed E-state index contributed by atoms with van der Waals surface area (Å²) in [6.45, 7) is 3.20. The van der Waals surface area contributed by atoms with E-state index in [2.05, 4.69) is 0 Å². The van der Waals surface area contributed by atoms with E-state index in [1.54, 1.807) is 13.8 Å². The zero-order valence-electron chi connectivity index (χ0n) is 10.1. The van der Waals surface area contributed by atoms with Gasteiger partial charge < -0.3 is 0 Å². The highest BCUT2D eigenvalue weighted by atomic mass is 19.1. The van der Waals surface area contributed by atoms with Crippen LogP contribution in [0.4, 0.5) is 8.78 Å². The fraction of sp³-hybridized carbons (Fsp3) is 0.133. The van der Waals surface area contributed by atoms with Crippen LogP contribution in [0.15, 0.2) is 36.4 Å². The van der Waals surface area contributed by atoms with Crippen LogP contribution in [0, 0.1) is 25.5 Å². The lowest BCUT2D eigenvalue weighted by Gasteiger charge is -2.05. The Hall–Kier alpha value is -2.03. The molecule has 92 valence electrons. The number of rotatable bonds is 2. The largest absolute Gasteiger partial charge is 0.289 e. The number of aryl methyl sites for hydroxylation is 2. The molecule has 0 atom stereocenters. The number of benzene rings is 2. The summed E-state index contributed by atoms with van der Waals surface area (Å²) in [4.78, 5) is 12.1. The number of ketones is 1. The van der Waals surface area contributed by atoms with E-state index in [-0.39, 0.29) is 17.4 Å². The molecule has 0 saturated heterocycles. The van der Waals surface area contributed by atoms with Crippen LogP contribution in [-0.2, 0) is 0 Å². The lowest BCUT2D eigenvalue weighted by Crippen LogP contribution is -2.03. The first-order valence-corrected chi connectivity index (χ1v) is 5.56. The van der Waals surface area contributed by atoms with E-state index < -0.39 is 0 Å². The molecule has 0 aromatic heterocycles. The van der Waals surface area contributed by atoms with Crippen LogP contribution in [-0.4, -0.2) is 5.78 Å². The van der Waals surface area contributed by atoms with Crippen LogP contribution in [0.3, 0.4) is 0 Å². The lowest BCUT2D eigenvalue weighted by atomic mass is 10.00. The SMILES string of the molecule is Cc1cc(C(=O)c2ccc(F)c(C)c2)ccc1F. The van der Waals surface area contributed by atoms with Crippen molar-refractivity contribution in [2.45, 2.75) is 13.8 Å². The Morgan fingerprint density at radius 1 is 0.833 bits per heavy atom. The molecule has 1 nitrogen and oxygen atoms in total. The molecule has 0 heterocycles. The van der Waals surface area contributed by atoms with Gasteiger partial charge in [-0.1, -0.05) is 0 Å². The fourth-order valence-corrected chi connectivity index (χ4v) is 1.74. The Morgan fingerprint density at radius 3 is 1.56 bits per heavy atom. The molecule has 0 aliphatic carbocycles. The van der Waals surface area contributed by atoms with E-state index >= 15 is 0 Å². The van der Waals surface area contributed by atoms with E-state index in [9.17, 15) is 13.6 Å². The quantitative estimate of drug-likeness (QED) is 0.736. The third-order valence-electron chi connectivity index (χ3n) is 2.84. The van der Waals surface area contributed by atoms with Gasteiger partial charge in [-0.2, -0.15) is 0 Å². The molecule has 2 aromatic rings. The minimum absolute atomic E-state index is 0.235. The Morgan fingerprint density at radius 2 is 1.22 bits per heavy atom. The molecule has 0 N–H and O–H groups in total. The number of halogens is 2. The average Bonchev–Trinajstić information content (AvgIpc) is 2.35. The molecule has 2 rings (SSSR count). The molecule has 0 saturated carbocycles. The third kappa shape index (κ3) is 2.30. The third-order valence-corrected chi connectivity index (χ3v) is 2.84. The second-order valence-corrected chi connectivity index (χ2v) is 4.26. The van der Waals surface area contributed by atoms with Crippen molar-refractivity contribution in [2.75, 3.05) is 0 Å². The van der Waals surface area contributed by atoms with Gasteiger partial charge in [0.05, 0.1) is 0 Å². The summed E-state index contributed by atoms with van der Waals surface area (Å²) >= 11 is 0. The molecule has 0 unspecified atom stereocenters. The number of hydrogen-bond acceptors (Lipinski definition) is 1. The van der Waals surface area contributed by atoms with Crippen LogP contribution in [0.25, 0.3) is 0 Å². The molecule has 0 aliphatic rings. The Kier molecular flexibility index (Phi) is 3.24. The summed E-state index contributed by atoms with van der Waals surface area (Å²) in [7, 11) is 0. The van der Waals surface area contributed by atoms with E-state index in [1.807, 2.05) is 0 Å². The van der Waals surface area contributed by atoms with Crippen molar-refractivity contribution >= 4 is 5.78 Å². The van der Waals surface area contributed by atoms with Gasteiger partial charge in [-0.25, -0.2) is 8.78 Å². The zero-order valence-corrected chi connectivity index (χ0v) is 10.1. The second-order valence-electron chi connectivity index (χ2n) is 4.26. The maximum Gasteiger partial charge on any atom is 0.193 e. The van der Waals surface area contributed by atoms with E-state index in [0.29, 0.717) is 22.3 Å². The van der Waals surface area contributed by atoms with E-state index in [1.165, 1.54) is 36.4 Å². The van der Waals surface area contributed by atoms with Crippen molar-refractivity contribution in [3.05, 3.63) is 70.3 Å². The highest BCUT2D eigenvalue weighted by molar-refractivity contribution is 6.09. The number of carbonyl (C=O) groups excluding carboxylic acids is 1. The van der Waals surface area contributed by atoms with E-state index in [0.717, 1.165) is 0 Å². The van der Waals surface area contributed by atoms with Gasteiger partial charge in [-0.3, -0.25) is 4.79 Å². The predicted octanol–water partition coefficient (Wildman–Crippen LogP) is 3.81. The monoisotopic (exact) mass is 246 g/mol. The van der Waals surface area contributed by atoms with Crippen LogP contribution in [0.2, 0.25) is 0 Å². The smallest absolute Gasteiger partial charge is 0.193 e. The Labute approximate surface area is 104 Å². The second kappa shape index (κ2) is 4.69. The van der Waals surface area contributed by atoms with Gasteiger partial charge in [0.15, 0.2) is 5.78 Å². The van der Waals surface area contributed by atoms with Crippen molar-refractivity contribution < 1.29 is 13.6 Å². The van der Waals surface area contributed by atoms with Crippen LogP contribution < -0.4 is 0 Å². The van der Waals surface area contributed by atoms with Crippen molar-refractivity contribution in [3.8, 4) is 0 Å². The Balaban J connectivity index is 2.41. The van der Waals surface area contributed by atoms with Gasteiger partial charge >= 0.3 is 0 Å². The zero-order chi connectivity index (χ0) is 13.3. The first kappa shape index (κ1) is 12.4. The predicted molar refractivity (Wildman–Crippen MR) is 65.7 cm³/mol. The maximum atomic E-state index is 13.1. The molecule has 2 aromatic carbocycles. The van der Waals surface area contributed by atoms with Gasteiger partial charge in [-0.15, -0.1) is 0 Å². The minimum atomic E-state index is -0.346. The first-order valence-electron chi connectivity index (χ1n) is 5.56. The summed E-state index contributed by atoms with van der Waals surface area (Å²) in [5.41, 5.74) is 1.64. The summed E-state index contributed by atoms with van der Waals surface area (Å²) in [6.07, 6.45) is 0. The summed E-state index contributed by atoms with van der Waals surface area (Å²) in [6, 6.07) is 8.39. The first-order chi connectivity index (χ1) is 8.49. The van der Waals surface area contributed by atoms with Gasteiger partial charge in [0, 0.05) is 11.1 Å². The van der Waals surface area contributed by atoms with Gasteiger partial charge in [0.1, 0.15) is 11.6 Å². The number of carbonyl (C=O) groups is 1. The number of hydrogen-bond donors (Lipinski definition) is 0. The van der Waals surface area contributed by atoms with Crippen molar-refractivity contribution in [3.63, 3.8) is 0 Å². The molecule has 0 radical (unpaired) electrons.